The molecular formula is C15H23N3O2. The molecule has 1 N–H and O–H groups in total. The molecule has 0 saturated heterocycles. The van der Waals surface area contributed by atoms with E-state index in [1.165, 1.54) is 0 Å². The van der Waals surface area contributed by atoms with Gasteiger partial charge in [-0.1, -0.05) is 6.92 Å². The Kier molecular flexibility index (Phi) is 5.24. The van der Waals surface area contributed by atoms with Crippen molar-refractivity contribution in [3.63, 3.8) is 0 Å². The molecule has 2 aromatic heterocycles. The summed E-state index contributed by atoms with van der Waals surface area (Å²) in [7, 11) is 0. The zero-order valence-electron chi connectivity index (χ0n) is 12.5. The number of rotatable bonds is 8. The van der Waals surface area contributed by atoms with Crippen molar-refractivity contribution in [2.24, 2.45) is 0 Å². The molecule has 0 fully saturated rings. The monoisotopic (exact) mass is 277 g/mol. The van der Waals surface area contributed by atoms with E-state index < -0.39 is 0 Å². The third-order valence-corrected chi connectivity index (χ3v) is 3.13. The molecule has 2 heterocycles. The van der Waals surface area contributed by atoms with Gasteiger partial charge in [-0.15, -0.1) is 0 Å². The third-order valence-electron chi connectivity index (χ3n) is 3.13. The van der Waals surface area contributed by atoms with Crippen LogP contribution in [0.4, 0.5) is 0 Å². The number of aryl methyl sites for hydroxylation is 2. The van der Waals surface area contributed by atoms with Crippen LogP contribution in [0.15, 0.2) is 22.9 Å². The highest BCUT2D eigenvalue weighted by molar-refractivity contribution is 5.21. The molecule has 0 aliphatic heterocycles. The number of furan rings is 1. The van der Waals surface area contributed by atoms with E-state index in [0.717, 1.165) is 48.9 Å². The topological polar surface area (TPSA) is 52.2 Å². The summed E-state index contributed by atoms with van der Waals surface area (Å²) in [5.74, 6) is 2.66. The molecule has 5 heteroatoms. The molecule has 2 rings (SSSR count). The van der Waals surface area contributed by atoms with Crippen molar-refractivity contribution in [2.45, 2.75) is 46.9 Å². The molecule has 5 nitrogen and oxygen atoms in total. The van der Waals surface area contributed by atoms with Crippen molar-refractivity contribution >= 4 is 0 Å². The molecule has 0 bridgehead atoms. The van der Waals surface area contributed by atoms with E-state index in [4.69, 9.17) is 9.15 Å². The van der Waals surface area contributed by atoms with E-state index in [-0.39, 0.29) is 0 Å². The summed E-state index contributed by atoms with van der Waals surface area (Å²) in [5, 5.41) is 7.51. The normalized spacial score (nSPS) is 10.9. The lowest BCUT2D eigenvalue weighted by atomic mass is 10.2. The maximum Gasteiger partial charge on any atom is 0.157 e. The number of nitrogens with one attached hydrogen (secondary N) is 1. The molecule has 0 saturated carbocycles. The van der Waals surface area contributed by atoms with Gasteiger partial charge in [0.2, 0.25) is 0 Å². The van der Waals surface area contributed by atoms with Gasteiger partial charge in [0.15, 0.2) is 5.75 Å². The number of hydrogen-bond acceptors (Lipinski definition) is 4. The highest BCUT2D eigenvalue weighted by atomic mass is 16.5. The highest BCUT2D eigenvalue weighted by Crippen LogP contribution is 2.17. The molecule has 0 aromatic carbocycles. The van der Waals surface area contributed by atoms with Gasteiger partial charge in [-0.25, -0.2) is 0 Å². The second kappa shape index (κ2) is 7.14. The molecule has 2 aromatic rings. The Balaban J connectivity index is 1.88. The quantitative estimate of drug-likeness (QED) is 0.754. The highest BCUT2D eigenvalue weighted by Gasteiger charge is 2.08. The van der Waals surface area contributed by atoms with Crippen molar-refractivity contribution in [2.75, 3.05) is 6.54 Å². The SMILES string of the molecule is CCCNCc1cc(COc2cnn(CC)c2)c(C)o1. The molecule has 20 heavy (non-hydrogen) atoms. The predicted octanol–water partition coefficient (Wildman–Crippen LogP) is 2.88. The van der Waals surface area contributed by atoms with Gasteiger partial charge in [-0.05, 0) is 32.9 Å². The minimum Gasteiger partial charge on any atom is -0.485 e. The summed E-state index contributed by atoms with van der Waals surface area (Å²) < 4.78 is 13.3. The van der Waals surface area contributed by atoms with Crippen LogP contribution in [0, 0.1) is 6.92 Å². The first kappa shape index (κ1) is 14.7. The summed E-state index contributed by atoms with van der Waals surface area (Å²) in [4.78, 5) is 0. The Morgan fingerprint density at radius 2 is 2.25 bits per heavy atom. The molecule has 0 amide bonds. The first-order valence-electron chi connectivity index (χ1n) is 7.17. The second-order valence-electron chi connectivity index (χ2n) is 4.79. The van der Waals surface area contributed by atoms with Crippen LogP contribution in [0.5, 0.6) is 5.75 Å². The van der Waals surface area contributed by atoms with Crippen LogP contribution in [0.25, 0.3) is 0 Å². The van der Waals surface area contributed by atoms with Crippen molar-refractivity contribution in [1.82, 2.24) is 15.1 Å². The van der Waals surface area contributed by atoms with Gasteiger partial charge in [-0.3, -0.25) is 4.68 Å². The smallest absolute Gasteiger partial charge is 0.157 e. The largest absolute Gasteiger partial charge is 0.485 e. The summed E-state index contributed by atoms with van der Waals surface area (Å²) in [6.45, 7) is 9.30. The maximum absolute atomic E-state index is 5.73. The van der Waals surface area contributed by atoms with Crippen LogP contribution in [-0.4, -0.2) is 16.3 Å². The van der Waals surface area contributed by atoms with E-state index in [1.807, 2.05) is 24.7 Å². The van der Waals surface area contributed by atoms with Gasteiger partial charge < -0.3 is 14.5 Å². The fourth-order valence-corrected chi connectivity index (χ4v) is 1.96. The molecule has 0 atom stereocenters. The number of ether oxygens (including phenoxy) is 1. The zero-order chi connectivity index (χ0) is 14.4. The average molecular weight is 277 g/mol. The minimum atomic E-state index is 0.512. The lowest BCUT2D eigenvalue weighted by Crippen LogP contribution is -2.13. The standard InChI is InChI=1S/C15H23N3O2/c1-4-6-16-8-14-7-13(12(3)20-14)11-19-15-9-17-18(5-2)10-15/h7,9-10,16H,4-6,8,11H2,1-3H3. The zero-order valence-corrected chi connectivity index (χ0v) is 12.5. The van der Waals surface area contributed by atoms with Gasteiger partial charge in [-0.2, -0.15) is 5.10 Å². The van der Waals surface area contributed by atoms with Crippen molar-refractivity contribution < 1.29 is 9.15 Å². The molecule has 110 valence electrons. The maximum atomic E-state index is 5.73. The van der Waals surface area contributed by atoms with E-state index in [9.17, 15) is 0 Å². The molecule has 0 unspecified atom stereocenters. The van der Waals surface area contributed by atoms with Crippen molar-refractivity contribution in [3.05, 3.63) is 35.5 Å². The van der Waals surface area contributed by atoms with Crippen LogP contribution >= 0.6 is 0 Å². The summed E-state index contributed by atoms with van der Waals surface area (Å²) in [6, 6.07) is 2.06. The fraction of sp³-hybridized carbons (Fsp3) is 0.533. The van der Waals surface area contributed by atoms with Gasteiger partial charge in [0, 0.05) is 12.1 Å². The van der Waals surface area contributed by atoms with Gasteiger partial charge >= 0.3 is 0 Å². The van der Waals surface area contributed by atoms with E-state index in [2.05, 4.69) is 23.4 Å². The molecule has 0 aliphatic rings. The lowest BCUT2D eigenvalue weighted by molar-refractivity contribution is 0.302. The van der Waals surface area contributed by atoms with Gasteiger partial charge in [0.25, 0.3) is 0 Å². The number of nitrogens with zero attached hydrogens (tertiary/aromatic N) is 2. The average Bonchev–Trinajstić information content (AvgIpc) is 3.03. The fourth-order valence-electron chi connectivity index (χ4n) is 1.96. The molecule has 0 aliphatic carbocycles. The van der Waals surface area contributed by atoms with Gasteiger partial charge in [0.05, 0.1) is 18.9 Å². The first-order chi connectivity index (χ1) is 9.72. The Labute approximate surface area is 119 Å². The third kappa shape index (κ3) is 3.87. The summed E-state index contributed by atoms with van der Waals surface area (Å²) in [6.07, 6.45) is 4.76. The van der Waals surface area contributed by atoms with Gasteiger partial charge in [0.1, 0.15) is 18.1 Å². The number of aromatic nitrogens is 2. The summed E-state index contributed by atoms with van der Waals surface area (Å²) >= 11 is 0. The van der Waals surface area contributed by atoms with Crippen LogP contribution in [0.2, 0.25) is 0 Å². The van der Waals surface area contributed by atoms with Crippen LogP contribution in [0.3, 0.4) is 0 Å². The molecule has 0 spiro atoms. The Morgan fingerprint density at radius 1 is 1.40 bits per heavy atom. The van der Waals surface area contributed by atoms with E-state index >= 15 is 0 Å². The Bertz CT molecular complexity index is 531. The van der Waals surface area contributed by atoms with Crippen molar-refractivity contribution in [1.29, 1.82) is 0 Å². The van der Waals surface area contributed by atoms with E-state index in [1.54, 1.807) is 6.20 Å². The Hall–Kier alpha value is -1.75. The van der Waals surface area contributed by atoms with Crippen LogP contribution < -0.4 is 10.1 Å². The molecular weight excluding hydrogens is 254 g/mol. The second-order valence-corrected chi connectivity index (χ2v) is 4.79. The van der Waals surface area contributed by atoms with Crippen LogP contribution in [0.1, 0.15) is 37.4 Å². The predicted molar refractivity (Wildman–Crippen MR) is 77.7 cm³/mol. The lowest BCUT2D eigenvalue weighted by Gasteiger charge is -2.01. The molecule has 0 radical (unpaired) electrons. The minimum absolute atomic E-state index is 0.512. The number of hydrogen-bond donors (Lipinski definition) is 1. The first-order valence-corrected chi connectivity index (χ1v) is 7.17. The van der Waals surface area contributed by atoms with E-state index in [0.29, 0.717) is 6.61 Å². The summed E-state index contributed by atoms with van der Waals surface area (Å²) in [5.41, 5.74) is 1.09. The van der Waals surface area contributed by atoms with Crippen LogP contribution in [-0.2, 0) is 19.7 Å². The Morgan fingerprint density at radius 3 is 2.95 bits per heavy atom. The van der Waals surface area contributed by atoms with Crippen molar-refractivity contribution in [3.8, 4) is 5.75 Å².